The molecule has 0 bridgehead atoms. The van der Waals surface area contributed by atoms with Gasteiger partial charge in [0.2, 0.25) is 5.88 Å². The van der Waals surface area contributed by atoms with Crippen LogP contribution in [0, 0.1) is 35.8 Å². The predicted molar refractivity (Wildman–Crippen MR) is 136 cm³/mol. The van der Waals surface area contributed by atoms with Crippen molar-refractivity contribution in [2.45, 2.75) is 30.9 Å². The molecule has 2 aliphatic carbocycles. The van der Waals surface area contributed by atoms with E-state index in [4.69, 9.17) is 26.0 Å². The average molecular weight is 515 g/mol. The van der Waals surface area contributed by atoms with Crippen LogP contribution in [0.3, 0.4) is 0 Å². The topological polar surface area (TPSA) is 81.4 Å². The zero-order valence-corrected chi connectivity index (χ0v) is 20.4. The van der Waals surface area contributed by atoms with Gasteiger partial charge in [-0.3, -0.25) is 4.68 Å². The molecule has 4 heterocycles. The maximum absolute atomic E-state index is 16.8. The average Bonchev–Trinajstić information content (AvgIpc) is 3.76. The molecule has 2 saturated carbocycles. The Kier molecular flexibility index (Phi) is 4.62. The Bertz CT molecular complexity index is 1690. The van der Waals surface area contributed by atoms with Gasteiger partial charge < -0.3 is 19.9 Å². The van der Waals surface area contributed by atoms with Crippen molar-refractivity contribution in [3.05, 3.63) is 47.2 Å². The normalized spacial score (nSPS) is 24.4. The Hall–Kier alpha value is -3.74. The van der Waals surface area contributed by atoms with Gasteiger partial charge in [0.15, 0.2) is 5.82 Å². The second-order valence-corrected chi connectivity index (χ2v) is 10.8. The van der Waals surface area contributed by atoms with Gasteiger partial charge in [0.1, 0.15) is 28.9 Å². The van der Waals surface area contributed by atoms with Gasteiger partial charge in [0.05, 0.1) is 35.9 Å². The SMILES string of the molecule is C#Cc1c(F)ccc2cc(O)cc(-c3nc(OC4COC4)c4c(C5[C@H]6CNC[C@@H]56)nn(C5CC5)c4c3F)c12. The third kappa shape index (κ3) is 3.14. The molecule has 4 aromatic rings. The van der Waals surface area contributed by atoms with Crippen LogP contribution < -0.4 is 10.1 Å². The Labute approximate surface area is 216 Å². The van der Waals surface area contributed by atoms with E-state index in [0.717, 1.165) is 31.6 Å². The summed E-state index contributed by atoms with van der Waals surface area (Å²) in [6, 6.07) is 5.72. The fourth-order valence-corrected chi connectivity index (χ4v) is 6.29. The van der Waals surface area contributed by atoms with Crippen LogP contribution in [0.2, 0.25) is 0 Å². The molecule has 1 unspecified atom stereocenters. The number of hydrogen-bond donors (Lipinski definition) is 2. The van der Waals surface area contributed by atoms with Gasteiger partial charge in [0, 0.05) is 16.9 Å². The standard InChI is InChI=1S/C29H24F2N4O3/c1-2-17-21(30)6-3-13-7-15(36)8-18(22(13)17)26-25(31)28-24(29(33-26)38-16-11-37-12-16)27(34-35(28)14-4-5-14)23-19-9-32-10-20(19)23/h1,3,6-8,14,16,19-20,23,32,36H,4-5,9-12H2/t19-,20+,23?. The van der Waals surface area contributed by atoms with Crippen molar-refractivity contribution in [3.8, 4) is 35.2 Å². The molecule has 9 heteroatoms. The number of benzene rings is 2. The lowest BCUT2D eigenvalue weighted by molar-refractivity contribution is -0.0806. The molecule has 4 aliphatic rings. The van der Waals surface area contributed by atoms with Crippen LogP contribution in [0.25, 0.3) is 32.9 Å². The number of fused-ring (bicyclic) bond motifs is 3. The van der Waals surface area contributed by atoms with Crippen molar-refractivity contribution in [2.24, 2.45) is 11.8 Å². The summed E-state index contributed by atoms with van der Waals surface area (Å²) >= 11 is 0. The number of piperidine rings is 1. The molecule has 38 heavy (non-hydrogen) atoms. The van der Waals surface area contributed by atoms with Crippen LogP contribution in [-0.2, 0) is 4.74 Å². The third-order valence-electron chi connectivity index (χ3n) is 8.42. The Morgan fingerprint density at radius 2 is 1.92 bits per heavy atom. The first-order chi connectivity index (χ1) is 18.5. The summed E-state index contributed by atoms with van der Waals surface area (Å²) in [6.07, 6.45) is 7.31. The lowest BCUT2D eigenvalue weighted by atomic mass is 9.95. The molecule has 2 aromatic heterocycles. The number of terminal acetylenes is 1. The Morgan fingerprint density at radius 1 is 1.13 bits per heavy atom. The number of phenols is 1. The molecule has 4 fully saturated rings. The molecule has 192 valence electrons. The van der Waals surface area contributed by atoms with Crippen molar-refractivity contribution in [1.29, 1.82) is 0 Å². The Balaban J connectivity index is 1.43. The highest BCUT2D eigenvalue weighted by atomic mass is 19.1. The number of hydrogen-bond acceptors (Lipinski definition) is 6. The maximum Gasteiger partial charge on any atom is 0.226 e. The summed E-state index contributed by atoms with van der Waals surface area (Å²) < 4.78 is 45.0. The first-order valence-corrected chi connectivity index (χ1v) is 13.0. The van der Waals surface area contributed by atoms with E-state index in [0.29, 0.717) is 52.6 Å². The summed E-state index contributed by atoms with van der Waals surface area (Å²) in [5, 5.41) is 20.3. The predicted octanol–water partition coefficient (Wildman–Crippen LogP) is 4.26. The van der Waals surface area contributed by atoms with Gasteiger partial charge >= 0.3 is 0 Å². The number of ether oxygens (including phenoxy) is 2. The second kappa shape index (κ2) is 7.88. The minimum atomic E-state index is -0.601. The fraction of sp³-hybridized carbons (Fsp3) is 0.379. The van der Waals surface area contributed by atoms with Gasteiger partial charge in [-0.25, -0.2) is 13.8 Å². The summed E-state index contributed by atoms with van der Waals surface area (Å²) in [5.41, 5.74) is 1.33. The molecule has 0 amide bonds. The fourth-order valence-electron chi connectivity index (χ4n) is 6.29. The number of nitrogens with one attached hydrogen (secondary N) is 1. The van der Waals surface area contributed by atoms with Crippen molar-refractivity contribution < 1.29 is 23.4 Å². The van der Waals surface area contributed by atoms with Gasteiger partial charge in [-0.05, 0) is 61.4 Å². The van der Waals surface area contributed by atoms with Crippen LogP contribution in [-0.4, -0.2) is 52.3 Å². The van der Waals surface area contributed by atoms with Crippen molar-refractivity contribution >= 4 is 21.7 Å². The van der Waals surface area contributed by atoms with Crippen molar-refractivity contribution in [2.75, 3.05) is 26.3 Å². The van der Waals surface area contributed by atoms with Crippen LogP contribution in [0.4, 0.5) is 8.78 Å². The molecular weight excluding hydrogens is 490 g/mol. The molecule has 2 saturated heterocycles. The zero-order valence-electron chi connectivity index (χ0n) is 20.4. The van der Waals surface area contributed by atoms with E-state index in [1.165, 1.54) is 24.3 Å². The van der Waals surface area contributed by atoms with Gasteiger partial charge in [-0.2, -0.15) is 5.10 Å². The lowest BCUT2D eigenvalue weighted by Gasteiger charge is -2.27. The molecule has 8 rings (SSSR count). The number of aromatic nitrogens is 3. The first-order valence-electron chi connectivity index (χ1n) is 13.0. The van der Waals surface area contributed by atoms with E-state index in [-0.39, 0.29) is 40.6 Å². The van der Waals surface area contributed by atoms with E-state index in [2.05, 4.69) is 11.2 Å². The van der Waals surface area contributed by atoms with E-state index < -0.39 is 11.6 Å². The highest BCUT2D eigenvalue weighted by molar-refractivity contribution is 6.03. The minimum Gasteiger partial charge on any atom is -0.508 e. The molecule has 2 aliphatic heterocycles. The highest BCUT2D eigenvalue weighted by Crippen LogP contribution is 2.58. The lowest BCUT2D eigenvalue weighted by Crippen LogP contribution is -2.38. The van der Waals surface area contributed by atoms with Gasteiger partial charge in [-0.1, -0.05) is 12.0 Å². The third-order valence-corrected chi connectivity index (χ3v) is 8.42. The summed E-state index contributed by atoms with van der Waals surface area (Å²) in [6.45, 7) is 2.68. The second-order valence-electron chi connectivity index (χ2n) is 10.8. The minimum absolute atomic E-state index is 0.0108. The molecule has 2 N–H and O–H groups in total. The monoisotopic (exact) mass is 514 g/mol. The quantitative estimate of drug-likeness (QED) is 0.388. The maximum atomic E-state index is 16.8. The summed E-state index contributed by atoms with van der Waals surface area (Å²) in [4.78, 5) is 4.72. The zero-order chi connectivity index (χ0) is 25.7. The summed E-state index contributed by atoms with van der Waals surface area (Å²) in [7, 11) is 0. The molecule has 0 radical (unpaired) electrons. The molecule has 2 aromatic carbocycles. The number of nitrogens with zero attached hydrogens (tertiary/aromatic N) is 3. The highest BCUT2D eigenvalue weighted by Gasteiger charge is 2.56. The summed E-state index contributed by atoms with van der Waals surface area (Å²) in [5.74, 6) is 2.58. The largest absolute Gasteiger partial charge is 0.508 e. The van der Waals surface area contributed by atoms with E-state index >= 15 is 4.39 Å². The molecular formula is C29H24F2N4O3. The number of pyridine rings is 1. The first kappa shape index (κ1) is 22.3. The van der Waals surface area contributed by atoms with Gasteiger partial charge in [-0.15, -0.1) is 6.42 Å². The molecule has 0 spiro atoms. The van der Waals surface area contributed by atoms with Crippen LogP contribution in [0.15, 0.2) is 24.3 Å². The number of aromatic hydroxyl groups is 1. The van der Waals surface area contributed by atoms with Crippen molar-refractivity contribution in [3.63, 3.8) is 0 Å². The van der Waals surface area contributed by atoms with E-state index in [9.17, 15) is 9.50 Å². The van der Waals surface area contributed by atoms with E-state index in [1.54, 1.807) is 4.68 Å². The number of rotatable bonds is 5. The Morgan fingerprint density at radius 3 is 2.61 bits per heavy atom. The van der Waals surface area contributed by atoms with Crippen LogP contribution in [0.5, 0.6) is 11.6 Å². The van der Waals surface area contributed by atoms with Crippen LogP contribution >= 0.6 is 0 Å². The van der Waals surface area contributed by atoms with Gasteiger partial charge in [0.25, 0.3) is 0 Å². The van der Waals surface area contributed by atoms with E-state index in [1.807, 2.05) is 0 Å². The molecule has 7 nitrogen and oxygen atoms in total. The smallest absolute Gasteiger partial charge is 0.226 e. The van der Waals surface area contributed by atoms with Crippen molar-refractivity contribution in [1.82, 2.24) is 20.1 Å². The number of phenolic OH excluding ortho intramolecular Hbond substituents is 1. The van der Waals surface area contributed by atoms with Crippen LogP contribution in [0.1, 0.15) is 36.1 Å². The number of halogens is 2. The molecule has 3 atom stereocenters.